The zero-order valence-electron chi connectivity index (χ0n) is 5.23. The number of hydrogen-bond donors (Lipinski definition) is 1. The molecule has 1 rings (SSSR count). The third kappa shape index (κ3) is 1.89. The Bertz CT molecular complexity index is 362. The lowest BCUT2D eigenvalue weighted by molar-refractivity contribution is 0.483. The Morgan fingerprint density at radius 1 is 1.55 bits per heavy atom. The van der Waals surface area contributed by atoms with Gasteiger partial charge in [0.15, 0.2) is 0 Å². The minimum absolute atomic E-state index is 0.227. The van der Waals surface area contributed by atoms with Crippen LogP contribution in [0.15, 0.2) is 23.2 Å². The molecule has 1 aromatic rings. The van der Waals surface area contributed by atoms with E-state index in [0.29, 0.717) is 0 Å². The molecular weight excluding hydrogens is 190 g/mol. The summed E-state index contributed by atoms with van der Waals surface area (Å²) in [5, 5.41) is -0.227. The second-order valence-corrected chi connectivity index (χ2v) is 3.52. The molecule has 1 heterocycles. The summed E-state index contributed by atoms with van der Waals surface area (Å²) < 4.78 is 29.5. The molecule has 0 aliphatic rings. The Morgan fingerprint density at radius 2 is 2.18 bits per heavy atom. The number of nitrogens with zero attached hydrogens (tertiary/aromatic N) is 1. The SMILES string of the molecule is O=S(=O)(O)c1cccnc1Cl. The van der Waals surface area contributed by atoms with Crippen LogP contribution in [0.1, 0.15) is 0 Å². The molecular formula is C5H4ClNO3S. The highest BCUT2D eigenvalue weighted by Gasteiger charge is 2.13. The van der Waals surface area contributed by atoms with Gasteiger partial charge >= 0.3 is 0 Å². The van der Waals surface area contributed by atoms with E-state index in [1.165, 1.54) is 18.3 Å². The quantitative estimate of drug-likeness (QED) is 0.533. The molecule has 0 fully saturated rings. The largest absolute Gasteiger partial charge is 0.297 e. The van der Waals surface area contributed by atoms with Gasteiger partial charge in [0.25, 0.3) is 10.1 Å². The lowest BCUT2D eigenvalue weighted by Gasteiger charge is -1.96. The number of hydrogen-bond acceptors (Lipinski definition) is 3. The van der Waals surface area contributed by atoms with Crippen LogP contribution >= 0.6 is 11.6 Å². The topological polar surface area (TPSA) is 67.3 Å². The van der Waals surface area contributed by atoms with Crippen molar-refractivity contribution in [3.63, 3.8) is 0 Å². The Balaban J connectivity index is 3.37. The molecule has 6 heteroatoms. The Kier molecular flexibility index (Phi) is 2.12. The van der Waals surface area contributed by atoms with Crippen LogP contribution in [0, 0.1) is 0 Å². The third-order valence-electron chi connectivity index (χ3n) is 1.00. The van der Waals surface area contributed by atoms with Crippen molar-refractivity contribution in [3.8, 4) is 0 Å². The van der Waals surface area contributed by atoms with Gasteiger partial charge in [-0.15, -0.1) is 0 Å². The summed E-state index contributed by atoms with van der Waals surface area (Å²) in [6, 6.07) is 2.54. The van der Waals surface area contributed by atoms with Gasteiger partial charge in [-0.1, -0.05) is 11.6 Å². The van der Waals surface area contributed by atoms with Gasteiger partial charge in [0.2, 0.25) is 0 Å². The van der Waals surface area contributed by atoms with Crippen molar-refractivity contribution < 1.29 is 13.0 Å². The zero-order chi connectivity index (χ0) is 8.48. The first kappa shape index (κ1) is 8.45. The monoisotopic (exact) mass is 193 g/mol. The molecule has 4 nitrogen and oxygen atoms in total. The van der Waals surface area contributed by atoms with Gasteiger partial charge < -0.3 is 0 Å². The Labute approximate surface area is 68.6 Å². The lowest BCUT2D eigenvalue weighted by Crippen LogP contribution is -1.99. The van der Waals surface area contributed by atoms with Crippen LogP contribution < -0.4 is 0 Å². The fourth-order valence-corrected chi connectivity index (χ4v) is 1.49. The van der Waals surface area contributed by atoms with Crippen LogP contribution in [-0.2, 0) is 10.1 Å². The molecule has 0 aliphatic carbocycles. The van der Waals surface area contributed by atoms with Crippen LogP contribution in [-0.4, -0.2) is 18.0 Å². The molecule has 1 N–H and O–H groups in total. The maximum atomic E-state index is 10.5. The molecule has 0 atom stereocenters. The summed E-state index contributed by atoms with van der Waals surface area (Å²) in [5.74, 6) is 0. The standard InChI is InChI=1S/C5H4ClNO3S/c6-5-4(11(8,9)10)2-1-3-7-5/h1-3H,(H,8,9,10). The summed E-state index contributed by atoms with van der Waals surface area (Å²) in [4.78, 5) is 3.10. The fraction of sp³-hybridized carbons (Fsp3) is 0. The average Bonchev–Trinajstić information content (AvgIpc) is 1.86. The van der Waals surface area contributed by atoms with Gasteiger partial charge in [0.05, 0.1) is 0 Å². The van der Waals surface area contributed by atoms with Gasteiger partial charge in [0, 0.05) is 6.20 Å². The van der Waals surface area contributed by atoms with E-state index in [0.717, 1.165) is 0 Å². The number of halogens is 1. The van der Waals surface area contributed by atoms with E-state index in [9.17, 15) is 8.42 Å². The molecule has 0 amide bonds. The third-order valence-corrected chi connectivity index (χ3v) is 2.30. The Morgan fingerprint density at radius 3 is 2.55 bits per heavy atom. The van der Waals surface area contributed by atoms with Crippen LogP contribution in [0.5, 0.6) is 0 Å². The van der Waals surface area contributed by atoms with Gasteiger partial charge in [-0.2, -0.15) is 8.42 Å². The minimum Gasteiger partial charge on any atom is -0.282 e. The molecule has 0 spiro atoms. The smallest absolute Gasteiger partial charge is 0.282 e. The summed E-state index contributed by atoms with van der Waals surface area (Å²) in [6.45, 7) is 0. The van der Waals surface area contributed by atoms with Crippen LogP contribution in [0.3, 0.4) is 0 Å². The molecule has 0 aromatic carbocycles. The highest BCUT2D eigenvalue weighted by Crippen LogP contribution is 2.16. The van der Waals surface area contributed by atoms with Gasteiger partial charge in [-0.3, -0.25) is 4.55 Å². The van der Waals surface area contributed by atoms with Crippen molar-refractivity contribution in [3.05, 3.63) is 23.5 Å². The summed E-state index contributed by atoms with van der Waals surface area (Å²) in [7, 11) is -4.23. The molecule has 1 aromatic heterocycles. The van der Waals surface area contributed by atoms with Crippen molar-refractivity contribution in [1.29, 1.82) is 0 Å². The second-order valence-electron chi connectivity index (χ2n) is 1.77. The molecule has 60 valence electrons. The minimum atomic E-state index is -4.23. The molecule has 0 unspecified atom stereocenters. The first-order valence-corrected chi connectivity index (χ1v) is 4.41. The van der Waals surface area contributed by atoms with E-state index in [-0.39, 0.29) is 10.0 Å². The van der Waals surface area contributed by atoms with Crippen molar-refractivity contribution in [2.45, 2.75) is 4.90 Å². The maximum Gasteiger partial charge on any atom is 0.297 e. The highest BCUT2D eigenvalue weighted by atomic mass is 35.5. The Hall–Kier alpha value is -0.650. The van der Waals surface area contributed by atoms with Gasteiger partial charge in [-0.25, -0.2) is 4.98 Å². The maximum absolute atomic E-state index is 10.5. The molecule has 0 radical (unpaired) electrons. The van der Waals surface area contributed by atoms with Crippen molar-refractivity contribution in [2.24, 2.45) is 0 Å². The molecule has 11 heavy (non-hydrogen) atoms. The number of rotatable bonds is 1. The molecule has 0 saturated carbocycles. The molecule has 0 saturated heterocycles. The van der Waals surface area contributed by atoms with Gasteiger partial charge in [0.1, 0.15) is 10.0 Å². The van der Waals surface area contributed by atoms with Gasteiger partial charge in [-0.05, 0) is 12.1 Å². The predicted octanol–water partition coefficient (Wildman–Crippen LogP) is 0.982. The van der Waals surface area contributed by atoms with E-state index >= 15 is 0 Å². The first-order chi connectivity index (χ1) is 5.02. The normalized spacial score (nSPS) is 11.5. The van der Waals surface area contributed by atoms with E-state index in [1.54, 1.807) is 0 Å². The van der Waals surface area contributed by atoms with Crippen molar-refractivity contribution in [2.75, 3.05) is 0 Å². The summed E-state index contributed by atoms with van der Waals surface area (Å²) >= 11 is 5.36. The predicted molar refractivity (Wildman–Crippen MR) is 39.1 cm³/mol. The summed E-state index contributed by atoms with van der Waals surface area (Å²) in [6.07, 6.45) is 1.33. The molecule has 0 bridgehead atoms. The van der Waals surface area contributed by atoms with Crippen molar-refractivity contribution in [1.82, 2.24) is 4.98 Å². The fourth-order valence-electron chi connectivity index (χ4n) is 0.564. The van der Waals surface area contributed by atoms with Crippen LogP contribution in [0.4, 0.5) is 0 Å². The lowest BCUT2D eigenvalue weighted by atomic mass is 10.5. The number of pyridine rings is 1. The van der Waals surface area contributed by atoms with Crippen LogP contribution in [0.2, 0.25) is 5.15 Å². The second kappa shape index (κ2) is 2.77. The van der Waals surface area contributed by atoms with E-state index in [1.807, 2.05) is 0 Å². The highest BCUT2D eigenvalue weighted by molar-refractivity contribution is 7.86. The summed E-state index contributed by atoms with van der Waals surface area (Å²) in [5.41, 5.74) is 0. The average molecular weight is 194 g/mol. The number of aromatic nitrogens is 1. The molecule has 0 aliphatic heterocycles. The van der Waals surface area contributed by atoms with E-state index in [4.69, 9.17) is 16.2 Å². The van der Waals surface area contributed by atoms with E-state index in [2.05, 4.69) is 4.98 Å². The zero-order valence-corrected chi connectivity index (χ0v) is 6.80. The van der Waals surface area contributed by atoms with Crippen molar-refractivity contribution >= 4 is 21.7 Å². The first-order valence-electron chi connectivity index (χ1n) is 2.60. The van der Waals surface area contributed by atoms with Crippen LogP contribution in [0.25, 0.3) is 0 Å². The van der Waals surface area contributed by atoms with E-state index < -0.39 is 10.1 Å².